The van der Waals surface area contributed by atoms with Crippen LogP contribution in [-0.2, 0) is 7.05 Å². The van der Waals surface area contributed by atoms with Crippen LogP contribution in [0.5, 0.6) is 5.75 Å². The molecular weight excluding hydrogens is 424 g/mol. The second-order valence-corrected chi connectivity index (χ2v) is 9.49. The van der Waals surface area contributed by atoms with E-state index in [1.54, 1.807) is 24.9 Å². The van der Waals surface area contributed by atoms with Gasteiger partial charge in [0.05, 0.1) is 17.8 Å². The largest absolute Gasteiger partial charge is 0.493 e. The maximum Gasteiger partial charge on any atom is 0.271 e. The molecule has 0 spiro atoms. The molecule has 5 heterocycles. The summed E-state index contributed by atoms with van der Waals surface area (Å²) in [5, 5.41) is 10.7. The normalized spacial score (nSPS) is 20.5. The zero-order valence-corrected chi connectivity index (χ0v) is 19.1. The molecule has 5 rings (SSSR count). The smallest absolute Gasteiger partial charge is 0.271 e. The molecule has 0 bridgehead atoms. The van der Waals surface area contributed by atoms with Crippen LogP contribution in [0.4, 0.5) is 11.5 Å². The number of anilines is 2. The molecule has 3 aromatic rings. The van der Waals surface area contributed by atoms with Crippen LogP contribution in [0.25, 0.3) is 10.3 Å². The van der Waals surface area contributed by atoms with Gasteiger partial charge in [0, 0.05) is 44.8 Å². The topological polar surface area (TPSA) is 87.3 Å². The predicted molar refractivity (Wildman–Crippen MR) is 126 cm³/mol. The predicted octanol–water partition coefficient (Wildman–Crippen LogP) is 2.85. The molecule has 2 aliphatic heterocycles. The molecule has 0 radical (unpaired) electrons. The number of piperidine rings is 1. The highest BCUT2D eigenvalue weighted by Gasteiger charge is 2.43. The molecule has 2 saturated heterocycles. The van der Waals surface area contributed by atoms with Crippen LogP contribution in [-0.4, -0.2) is 47.3 Å². The molecule has 32 heavy (non-hydrogen) atoms. The lowest BCUT2D eigenvalue weighted by atomic mass is 9.89. The van der Waals surface area contributed by atoms with Crippen LogP contribution >= 0.6 is 11.3 Å². The van der Waals surface area contributed by atoms with Gasteiger partial charge >= 0.3 is 0 Å². The van der Waals surface area contributed by atoms with Gasteiger partial charge in [-0.3, -0.25) is 4.79 Å². The zero-order valence-electron chi connectivity index (χ0n) is 18.3. The summed E-state index contributed by atoms with van der Waals surface area (Å²) in [7, 11) is 3.36. The molecule has 3 aromatic heterocycles. The number of aryl methyl sites for hydroxylation is 2. The minimum atomic E-state index is -0.272. The van der Waals surface area contributed by atoms with Gasteiger partial charge in [-0.25, -0.2) is 9.97 Å². The maximum absolute atomic E-state index is 12.9. The van der Waals surface area contributed by atoms with E-state index in [2.05, 4.69) is 27.4 Å². The van der Waals surface area contributed by atoms with E-state index in [9.17, 15) is 10.1 Å². The van der Waals surface area contributed by atoms with Crippen LogP contribution in [0, 0.1) is 24.2 Å². The number of hydrogen-bond acceptors (Lipinski definition) is 8. The molecule has 0 saturated carbocycles. The van der Waals surface area contributed by atoms with E-state index in [1.165, 1.54) is 11.3 Å². The molecule has 0 aliphatic carbocycles. The summed E-state index contributed by atoms with van der Waals surface area (Å²) in [4.78, 5) is 27.4. The van der Waals surface area contributed by atoms with Gasteiger partial charge in [-0.15, -0.1) is 11.3 Å². The van der Waals surface area contributed by atoms with Crippen molar-refractivity contribution in [2.75, 3.05) is 36.5 Å². The third kappa shape index (κ3) is 2.98. The van der Waals surface area contributed by atoms with Crippen molar-refractivity contribution in [1.29, 1.82) is 5.26 Å². The first-order valence-electron chi connectivity index (χ1n) is 10.5. The number of methoxy groups -OCH3 is 1. The van der Waals surface area contributed by atoms with Crippen molar-refractivity contribution in [3.8, 4) is 11.8 Å². The SMILES string of the molecule is C=C1CN(c2ncccc2OC)[C@H]2CCN(c3c(C#N)c(=O)n(C)c4sc(C)nc34)C[C@@H]12. The number of fused-ring (bicyclic) bond motifs is 2. The number of pyridine rings is 2. The first kappa shape index (κ1) is 20.5. The van der Waals surface area contributed by atoms with E-state index >= 15 is 0 Å². The van der Waals surface area contributed by atoms with Crippen LogP contribution in [0.15, 0.2) is 35.3 Å². The van der Waals surface area contributed by atoms with Gasteiger partial charge in [0.15, 0.2) is 11.6 Å². The Morgan fingerprint density at radius 3 is 2.97 bits per heavy atom. The number of aromatic nitrogens is 3. The summed E-state index contributed by atoms with van der Waals surface area (Å²) in [5.41, 5.74) is 2.41. The summed E-state index contributed by atoms with van der Waals surface area (Å²) in [6.07, 6.45) is 2.64. The quantitative estimate of drug-likeness (QED) is 0.570. The van der Waals surface area contributed by atoms with E-state index in [1.807, 2.05) is 19.1 Å². The van der Waals surface area contributed by atoms with Crippen LogP contribution in [0.1, 0.15) is 17.0 Å². The number of nitriles is 1. The van der Waals surface area contributed by atoms with Gasteiger partial charge in [-0.1, -0.05) is 12.2 Å². The summed E-state index contributed by atoms with van der Waals surface area (Å²) in [5.74, 6) is 1.78. The van der Waals surface area contributed by atoms with Crippen molar-refractivity contribution in [2.24, 2.45) is 13.0 Å². The summed E-state index contributed by atoms with van der Waals surface area (Å²) in [6.45, 7) is 8.39. The second-order valence-electron chi connectivity index (χ2n) is 8.31. The Kier molecular flexibility index (Phi) is 4.90. The molecule has 2 aliphatic rings. The van der Waals surface area contributed by atoms with Crippen LogP contribution < -0.4 is 20.1 Å². The van der Waals surface area contributed by atoms with Crippen molar-refractivity contribution in [3.05, 3.63) is 51.4 Å². The monoisotopic (exact) mass is 448 g/mol. The number of nitrogens with zero attached hydrogens (tertiary/aromatic N) is 6. The second kappa shape index (κ2) is 7.64. The molecule has 164 valence electrons. The van der Waals surface area contributed by atoms with Gasteiger partial charge in [-0.05, 0) is 25.5 Å². The molecule has 0 aromatic carbocycles. The highest BCUT2D eigenvalue weighted by molar-refractivity contribution is 7.18. The highest BCUT2D eigenvalue weighted by Crippen LogP contribution is 2.42. The Bertz CT molecular complexity index is 1340. The minimum Gasteiger partial charge on any atom is -0.493 e. The first-order chi connectivity index (χ1) is 15.4. The Hall–Kier alpha value is -3.38. The lowest BCUT2D eigenvalue weighted by Crippen LogP contribution is -2.47. The maximum atomic E-state index is 12.9. The van der Waals surface area contributed by atoms with Crippen molar-refractivity contribution in [3.63, 3.8) is 0 Å². The van der Waals surface area contributed by atoms with Crippen LogP contribution in [0.2, 0.25) is 0 Å². The van der Waals surface area contributed by atoms with Gasteiger partial charge in [0.25, 0.3) is 5.56 Å². The lowest BCUT2D eigenvalue weighted by molar-refractivity contribution is 0.401. The Balaban J connectivity index is 1.54. The van der Waals surface area contributed by atoms with E-state index < -0.39 is 0 Å². The standard InChI is InChI=1S/C23H24N6O2S/c1-13-11-29(21-18(31-4)6-5-8-25-21)17-7-9-28(12-16(13)17)20-15(10-24)22(30)27(3)23-19(20)26-14(2)32-23/h5-6,8,16-17H,1,7,9,11-12H2,2-4H3/t16-,17-/m0/s1. The van der Waals surface area contributed by atoms with Gasteiger partial charge in [0.2, 0.25) is 0 Å². The van der Waals surface area contributed by atoms with Crippen molar-refractivity contribution in [1.82, 2.24) is 14.5 Å². The van der Waals surface area contributed by atoms with Crippen molar-refractivity contribution >= 4 is 33.2 Å². The Morgan fingerprint density at radius 1 is 1.41 bits per heavy atom. The molecule has 2 fully saturated rings. The van der Waals surface area contributed by atoms with E-state index in [4.69, 9.17) is 9.72 Å². The van der Waals surface area contributed by atoms with E-state index in [0.717, 1.165) is 38.9 Å². The summed E-state index contributed by atoms with van der Waals surface area (Å²) >= 11 is 1.48. The van der Waals surface area contributed by atoms with Gasteiger partial charge in [0.1, 0.15) is 22.0 Å². The fourth-order valence-corrected chi connectivity index (χ4v) is 5.92. The fourth-order valence-electron chi connectivity index (χ4n) is 5.05. The number of ether oxygens (including phenoxy) is 1. The van der Waals surface area contributed by atoms with Gasteiger partial charge in [-0.2, -0.15) is 5.26 Å². The van der Waals surface area contributed by atoms with Crippen molar-refractivity contribution in [2.45, 2.75) is 19.4 Å². The van der Waals surface area contributed by atoms with E-state index in [-0.39, 0.29) is 23.1 Å². The summed E-state index contributed by atoms with van der Waals surface area (Å²) in [6, 6.07) is 6.19. The number of hydrogen-bond donors (Lipinski definition) is 0. The average Bonchev–Trinajstić information content (AvgIpc) is 3.35. The first-order valence-corrected chi connectivity index (χ1v) is 11.3. The molecule has 0 N–H and O–H groups in total. The van der Waals surface area contributed by atoms with Gasteiger partial charge < -0.3 is 19.1 Å². The highest BCUT2D eigenvalue weighted by atomic mass is 32.1. The molecule has 2 atom stereocenters. The van der Waals surface area contributed by atoms with Crippen molar-refractivity contribution < 1.29 is 4.74 Å². The molecule has 8 nitrogen and oxygen atoms in total. The van der Waals surface area contributed by atoms with Crippen LogP contribution in [0.3, 0.4) is 0 Å². The number of rotatable bonds is 3. The van der Waals surface area contributed by atoms with E-state index in [0.29, 0.717) is 25.3 Å². The number of thiazole rings is 1. The Labute approximate surface area is 190 Å². The zero-order chi connectivity index (χ0) is 22.6. The summed E-state index contributed by atoms with van der Waals surface area (Å²) < 4.78 is 7.08. The lowest BCUT2D eigenvalue weighted by Gasteiger charge is -2.39. The Morgan fingerprint density at radius 2 is 2.22 bits per heavy atom. The molecule has 0 unspecified atom stereocenters. The minimum absolute atomic E-state index is 0.163. The average molecular weight is 449 g/mol. The molecule has 0 amide bonds. The molecule has 9 heteroatoms. The fraction of sp³-hybridized carbons (Fsp3) is 0.391. The third-order valence-corrected chi connectivity index (χ3v) is 7.59. The third-order valence-electron chi connectivity index (χ3n) is 6.55. The molecular formula is C23H24N6O2S.